The van der Waals surface area contributed by atoms with E-state index in [2.05, 4.69) is 23.8 Å². The largest absolute Gasteiger partial charge is 0.573 e. The number of rotatable bonds is 4. The fourth-order valence-electron chi connectivity index (χ4n) is 5.53. The van der Waals surface area contributed by atoms with E-state index in [1.165, 1.54) is 49.9 Å². The molecule has 4 rings (SSSR count). The van der Waals surface area contributed by atoms with Gasteiger partial charge in [0.05, 0.1) is 0 Å². The third-order valence-corrected chi connectivity index (χ3v) is 6.98. The maximum atomic E-state index is 14.9. The topological polar surface area (TPSA) is 9.23 Å². The fourth-order valence-corrected chi connectivity index (χ4v) is 5.53. The normalized spacial score (nSPS) is 26.6. The van der Waals surface area contributed by atoms with Gasteiger partial charge < -0.3 is 4.74 Å². The van der Waals surface area contributed by atoms with E-state index < -0.39 is 6.36 Å². The molecule has 31 heavy (non-hydrogen) atoms. The van der Waals surface area contributed by atoms with Crippen LogP contribution in [0.4, 0.5) is 17.6 Å². The van der Waals surface area contributed by atoms with Gasteiger partial charge in [-0.25, -0.2) is 4.39 Å². The molecule has 0 aromatic heterocycles. The van der Waals surface area contributed by atoms with Gasteiger partial charge in [-0.3, -0.25) is 0 Å². The van der Waals surface area contributed by atoms with Gasteiger partial charge in [0, 0.05) is 5.56 Å². The molecule has 1 nitrogen and oxygen atoms in total. The zero-order valence-electron chi connectivity index (χ0n) is 17.7. The maximum Gasteiger partial charge on any atom is 0.573 e. The summed E-state index contributed by atoms with van der Waals surface area (Å²) >= 11 is 0. The lowest BCUT2D eigenvalue weighted by molar-refractivity contribution is -0.274. The van der Waals surface area contributed by atoms with Gasteiger partial charge in [0.15, 0.2) is 0 Å². The summed E-state index contributed by atoms with van der Waals surface area (Å²) in [5, 5.41) is 0. The van der Waals surface area contributed by atoms with E-state index >= 15 is 0 Å². The highest BCUT2D eigenvalue weighted by Gasteiger charge is 2.35. The van der Waals surface area contributed by atoms with Crippen molar-refractivity contribution in [2.75, 3.05) is 0 Å². The van der Waals surface area contributed by atoms with Crippen molar-refractivity contribution in [1.82, 2.24) is 0 Å². The molecule has 4 unspecified atom stereocenters. The van der Waals surface area contributed by atoms with Crippen molar-refractivity contribution in [2.45, 2.75) is 57.7 Å². The van der Waals surface area contributed by atoms with Gasteiger partial charge in [-0.05, 0) is 98.4 Å². The number of allylic oxidation sites excluding steroid dienone is 2. The average Bonchev–Trinajstić information content (AvgIpc) is 2.73. The first kappa shape index (κ1) is 21.9. The highest BCUT2D eigenvalue weighted by Crippen LogP contribution is 2.48. The number of alkyl halides is 3. The minimum atomic E-state index is -4.74. The molecule has 0 heterocycles. The van der Waals surface area contributed by atoms with Crippen molar-refractivity contribution < 1.29 is 22.3 Å². The Morgan fingerprint density at radius 1 is 0.903 bits per heavy atom. The Morgan fingerprint density at radius 3 is 2.29 bits per heavy atom. The first-order valence-corrected chi connectivity index (χ1v) is 11.1. The SMILES string of the molecule is C/C=C/C1CCC2CC(c3ccc(-c4ccc(OC(F)(F)F)cc4)c(F)c3)CCC2C1. The molecule has 166 valence electrons. The van der Waals surface area contributed by atoms with Gasteiger partial charge in [0.25, 0.3) is 0 Å². The van der Waals surface area contributed by atoms with Gasteiger partial charge in [-0.2, -0.15) is 0 Å². The first-order chi connectivity index (χ1) is 14.8. The Hall–Kier alpha value is -2.30. The smallest absolute Gasteiger partial charge is 0.406 e. The molecule has 2 saturated carbocycles. The molecule has 5 heteroatoms. The zero-order valence-corrected chi connectivity index (χ0v) is 17.7. The number of benzene rings is 2. The van der Waals surface area contributed by atoms with E-state index in [1.807, 2.05) is 6.07 Å². The van der Waals surface area contributed by atoms with Crippen LogP contribution in [-0.2, 0) is 0 Å². The van der Waals surface area contributed by atoms with E-state index in [4.69, 9.17) is 0 Å². The zero-order chi connectivity index (χ0) is 22.0. The summed E-state index contributed by atoms with van der Waals surface area (Å²) in [5.74, 6) is 1.96. The monoisotopic (exact) mass is 432 g/mol. The third kappa shape index (κ3) is 5.31. The van der Waals surface area contributed by atoms with Crippen LogP contribution < -0.4 is 4.74 Å². The number of halogens is 4. The van der Waals surface area contributed by atoms with E-state index in [0.29, 0.717) is 23.0 Å². The summed E-state index contributed by atoms with van der Waals surface area (Å²) in [5.41, 5.74) is 1.96. The van der Waals surface area contributed by atoms with Crippen molar-refractivity contribution in [2.24, 2.45) is 17.8 Å². The maximum absolute atomic E-state index is 14.9. The highest BCUT2D eigenvalue weighted by atomic mass is 19.4. The quantitative estimate of drug-likeness (QED) is 0.349. The van der Waals surface area contributed by atoms with E-state index in [0.717, 1.165) is 30.2 Å². The summed E-state index contributed by atoms with van der Waals surface area (Å²) in [7, 11) is 0. The second-order valence-corrected chi connectivity index (χ2v) is 8.94. The highest BCUT2D eigenvalue weighted by molar-refractivity contribution is 5.65. The van der Waals surface area contributed by atoms with Crippen LogP contribution in [0.25, 0.3) is 11.1 Å². The summed E-state index contributed by atoms with van der Waals surface area (Å²) < 4.78 is 55.8. The Labute approximate surface area is 181 Å². The lowest BCUT2D eigenvalue weighted by Crippen LogP contribution is -2.30. The average molecular weight is 433 g/mol. The van der Waals surface area contributed by atoms with Crippen LogP contribution in [0.5, 0.6) is 5.75 Å². The minimum Gasteiger partial charge on any atom is -0.406 e. The number of fused-ring (bicyclic) bond motifs is 1. The van der Waals surface area contributed by atoms with Gasteiger partial charge in [-0.1, -0.05) is 36.4 Å². The molecular formula is C26H28F4O. The summed E-state index contributed by atoms with van der Waals surface area (Å²) in [6, 6.07) is 10.7. The third-order valence-electron chi connectivity index (χ3n) is 6.98. The van der Waals surface area contributed by atoms with Crippen molar-refractivity contribution in [1.29, 1.82) is 0 Å². The molecule has 0 radical (unpaired) electrons. The summed E-state index contributed by atoms with van der Waals surface area (Å²) in [4.78, 5) is 0. The van der Waals surface area contributed by atoms with Crippen LogP contribution in [-0.4, -0.2) is 6.36 Å². The Morgan fingerprint density at radius 2 is 1.61 bits per heavy atom. The standard InChI is InChI=1S/C26H28F4O/c1-2-3-17-4-5-20-15-21(7-6-19(20)14-17)22-10-13-24(25(27)16-22)18-8-11-23(12-9-18)31-26(28,29)30/h2-3,8-13,16-17,19-21H,4-7,14-15H2,1H3/b3-2+. The summed E-state index contributed by atoms with van der Waals surface area (Å²) in [6.45, 7) is 2.09. The van der Waals surface area contributed by atoms with E-state index in [-0.39, 0.29) is 11.6 Å². The van der Waals surface area contributed by atoms with Crippen LogP contribution in [0, 0.1) is 23.6 Å². The number of ether oxygens (including phenoxy) is 1. The molecule has 0 spiro atoms. The minimum absolute atomic E-state index is 0.311. The molecule has 2 aliphatic carbocycles. The predicted molar refractivity (Wildman–Crippen MR) is 114 cm³/mol. The molecular weight excluding hydrogens is 404 g/mol. The number of hydrogen-bond donors (Lipinski definition) is 0. The molecule has 0 amide bonds. The molecule has 0 saturated heterocycles. The molecule has 0 bridgehead atoms. The molecule has 2 aliphatic rings. The van der Waals surface area contributed by atoms with Crippen molar-refractivity contribution in [3.8, 4) is 16.9 Å². The van der Waals surface area contributed by atoms with Crippen LogP contribution in [0.15, 0.2) is 54.6 Å². The van der Waals surface area contributed by atoms with Crippen molar-refractivity contribution in [3.05, 3.63) is 66.0 Å². The second-order valence-electron chi connectivity index (χ2n) is 8.94. The van der Waals surface area contributed by atoms with E-state index in [9.17, 15) is 17.6 Å². The fraction of sp³-hybridized carbons (Fsp3) is 0.462. The van der Waals surface area contributed by atoms with Crippen molar-refractivity contribution >= 4 is 0 Å². The molecule has 2 aromatic rings. The van der Waals surface area contributed by atoms with Crippen LogP contribution in [0.2, 0.25) is 0 Å². The van der Waals surface area contributed by atoms with Gasteiger partial charge in [-0.15, -0.1) is 13.2 Å². The lowest BCUT2D eigenvalue weighted by Gasteiger charge is -2.41. The number of hydrogen-bond acceptors (Lipinski definition) is 1. The molecule has 0 aliphatic heterocycles. The van der Waals surface area contributed by atoms with Crippen LogP contribution in [0.1, 0.15) is 56.9 Å². The molecule has 4 atom stereocenters. The van der Waals surface area contributed by atoms with Gasteiger partial charge in [0.2, 0.25) is 0 Å². The Kier molecular flexibility index (Phi) is 6.40. The van der Waals surface area contributed by atoms with Crippen molar-refractivity contribution in [3.63, 3.8) is 0 Å². The summed E-state index contributed by atoms with van der Waals surface area (Å²) in [6.07, 6.45) is 6.97. The molecule has 2 fully saturated rings. The van der Waals surface area contributed by atoms with Gasteiger partial charge >= 0.3 is 6.36 Å². The van der Waals surface area contributed by atoms with E-state index in [1.54, 1.807) is 12.1 Å². The van der Waals surface area contributed by atoms with Crippen LogP contribution in [0.3, 0.4) is 0 Å². The molecule has 2 aromatic carbocycles. The second kappa shape index (κ2) is 9.05. The first-order valence-electron chi connectivity index (χ1n) is 11.1. The van der Waals surface area contributed by atoms with Crippen LogP contribution >= 0.6 is 0 Å². The lowest BCUT2D eigenvalue weighted by atomic mass is 9.64. The predicted octanol–water partition coefficient (Wildman–Crippen LogP) is 8.27. The van der Waals surface area contributed by atoms with Gasteiger partial charge in [0.1, 0.15) is 11.6 Å². The molecule has 0 N–H and O–H groups in total. The Balaban J connectivity index is 1.44. The Bertz CT molecular complexity index is 916.